The van der Waals surface area contributed by atoms with Crippen LogP contribution in [0.15, 0.2) is 32.4 Å². The summed E-state index contributed by atoms with van der Waals surface area (Å²) in [7, 11) is 0. The van der Waals surface area contributed by atoms with Crippen molar-refractivity contribution < 1.29 is 28.9 Å². The molecule has 3 rings (SSSR count). The first kappa shape index (κ1) is 21.9. The van der Waals surface area contributed by atoms with Crippen LogP contribution in [0, 0.1) is 0 Å². The van der Waals surface area contributed by atoms with Crippen molar-refractivity contribution >= 4 is 12.1 Å². The van der Waals surface area contributed by atoms with Gasteiger partial charge in [0.1, 0.15) is 29.4 Å². The monoisotopic (exact) mass is 428 g/mol. The van der Waals surface area contributed by atoms with Crippen LogP contribution in [0.25, 0.3) is 22.6 Å². The van der Waals surface area contributed by atoms with Crippen LogP contribution in [0.4, 0.5) is 0 Å². The van der Waals surface area contributed by atoms with Crippen LogP contribution < -0.4 is 5.32 Å². The van der Waals surface area contributed by atoms with Crippen LogP contribution in [0.5, 0.6) is 11.5 Å². The van der Waals surface area contributed by atoms with Crippen molar-refractivity contribution in [2.24, 2.45) is 5.16 Å². The molecule has 0 radical (unpaired) electrons. The zero-order valence-corrected chi connectivity index (χ0v) is 17.7. The summed E-state index contributed by atoms with van der Waals surface area (Å²) in [5.74, 6) is -0.495. The Balaban J connectivity index is 2.18. The summed E-state index contributed by atoms with van der Waals surface area (Å²) in [5, 5.41) is 34.9. The van der Waals surface area contributed by atoms with Crippen LogP contribution in [-0.4, -0.2) is 45.8 Å². The standard InChI is InChI=1S/C21H24N4O6/c1-5-22-21(28)19-18(17-7-12(24-30-17)10-23-29-6-2)20(31-25-19)14-8-13(11(3)4)15(26)9-16(14)27/h7-11,26-27H,5-6H2,1-4H3,(H,22,28)/b23-10+. The number of phenols is 2. The molecule has 2 aromatic heterocycles. The van der Waals surface area contributed by atoms with E-state index in [1.54, 1.807) is 26.0 Å². The topological polar surface area (TPSA) is 143 Å². The molecule has 0 aliphatic heterocycles. The van der Waals surface area contributed by atoms with Crippen molar-refractivity contribution in [1.82, 2.24) is 15.6 Å². The summed E-state index contributed by atoms with van der Waals surface area (Å²) >= 11 is 0. The van der Waals surface area contributed by atoms with Crippen molar-refractivity contribution in [1.29, 1.82) is 0 Å². The average Bonchev–Trinajstić information content (AvgIpc) is 3.35. The smallest absolute Gasteiger partial charge is 0.274 e. The minimum absolute atomic E-state index is 0.0276. The molecule has 3 N–H and O–H groups in total. The number of carbonyl (C=O) groups is 1. The Hall–Kier alpha value is -3.82. The number of rotatable bonds is 8. The Morgan fingerprint density at radius 3 is 2.65 bits per heavy atom. The highest BCUT2D eigenvalue weighted by atomic mass is 16.6. The lowest BCUT2D eigenvalue weighted by Gasteiger charge is -2.11. The van der Waals surface area contributed by atoms with E-state index in [2.05, 4.69) is 20.8 Å². The summed E-state index contributed by atoms with van der Waals surface area (Å²) < 4.78 is 10.9. The quantitative estimate of drug-likeness (QED) is 0.364. The Morgan fingerprint density at radius 2 is 1.97 bits per heavy atom. The minimum Gasteiger partial charge on any atom is -0.508 e. The Morgan fingerprint density at radius 1 is 1.19 bits per heavy atom. The fourth-order valence-electron chi connectivity index (χ4n) is 2.97. The fraction of sp³-hybridized carbons (Fsp3) is 0.333. The summed E-state index contributed by atoms with van der Waals surface area (Å²) in [6.45, 7) is 8.15. The molecule has 10 heteroatoms. The lowest BCUT2D eigenvalue weighted by molar-refractivity contribution is 0.0947. The number of oxime groups is 1. The number of aromatic nitrogens is 2. The van der Waals surface area contributed by atoms with E-state index in [4.69, 9.17) is 13.9 Å². The van der Waals surface area contributed by atoms with Crippen LogP contribution >= 0.6 is 0 Å². The molecule has 1 amide bonds. The Kier molecular flexibility index (Phi) is 6.58. The number of hydrogen-bond donors (Lipinski definition) is 3. The predicted molar refractivity (Wildman–Crippen MR) is 112 cm³/mol. The number of amides is 1. The van der Waals surface area contributed by atoms with Crippen molar-refractivity contribution in [2.45, 2.75) is 33.6 Å². The van der Waals surface area contributed by atoms with Gasteiger partial charge in [0.05, 0.1) is 11.8 Å². The Bertz CT molecular complexity index is 1100. The molecule has 0 aliphatic carbocycles. The first-order chi connectivity index (χ1) is 14.9. The second kappa shape index (κ2) is 9.33. The number of nitrogens with zero attached hydrogens (tertiary/aromatic N) is 3. The van der Waals surface area contributed by atoms with Gasteiger partial charge in [-0.3, -0.25) is 4.79 Å². The van der Waals surface area contributed by atoms with Crippen LogP contribution in [0.1, 0.15) is 55.4 Å². The predicted octanol–water partition coefficient (Wildman–Crippen LogP) is 3.65. The second-order valence-corrected chi connectivity index (χ2v) is 6.95. The van der Waals surface area contributed by atoms with Gasteiger partial charge >= 0.3 is 0 Å². The molecule has 0 atom stereocenters. The highest BCUT2D eigenvalue weighted by Gasteiger charge is 2.29. The molecule has 1 aromatic carbocycles. The van der Waals surface area contributed by atoms with Gasteiger partial charge in [-0.25, -0.2) is 0 Å². The van der Waals surface area contributed by atoms with Gasteiger partial charge in [-0.1, -0.05) is 29.3 Å². The number of benzene rings is 1. The first-order valence-electron chi connectivity index (χ1n) is 9.83. The molecule has 0 spiro atoms. The largest absolute Gasteiger partial charge is 0.508 e. The lowest BCUT2D eigenvalue weighted by atomic mass is 9.95. The van der Waals surface area contributed by atoms with Crippen LogP contribution in [0.3, 0.4) is 0 Å². The number of aromatic hydroxyl groups is 2. The van der Waals surface area contributed by atoms with Gasteiger partial charge in [0, 0.05) is 18.7 Å². The molecule has 10 nitrogen and oxygen atoms in total. The summed E-state index contributed by atoms with van der Waals surface area (Å²) in [6, 6.07) is 4.36. The van der Waals surface area contributed by atoms with E-state index in [-0.39, 0.29) is 45.8 Å². The zero-order valence-electron chi connectivity index (χ0n) is 17.7. The molecule has 0 unspecified atom stereocenters. The molecule has 0 saturated carbocycles. The van der Waals surface area contributed by atoms with E-state index in [1.807, 2.05) is 13.8 Å². The van der Waals surface area contributed by atoms with E-state index < -0.39 is 5.91 Å². The molecule has 0 aliphatic rings. The third-order valence-electron chi connectivity index (χ3n) is 4.42. The number of nitrogens with one attached hydrogen (secondary N) is 1. The first-order valence-corrected chi connectivity index (χ1v) is 9.83. The second-order valence-electron chi connectivity index (χ2n) is 6.95. The highest BCUT2D eigenvalue weighted by Crippen LogP contribution is 2.43. The summed E-state index contributed by atoms with van der Waals surface area (Å²) in [4.78, 5) is 17.5. The zero-order chi connectivity index (χ0) is 22.5. The van der Waals surface area contributed by atoms with Crippen molar-refractivity contribution in [3.05, 3.63) is 35.2 Å². The maximum Gasteiger partial charge on any atom is 0.274 e. The molecule has 3 aromatic rings. The fourth-order valence-corrected chi connectivity index (χ4v) is 2.97. The van der Waals surface area contributed by atoms with Gasteiger partial charge in [-0.05, 0) is 31.4 Å². The summed E-state index contributed by atoms with van der Waals surface area (Å²) in [6.07, 6.45) is 1.37. The minimum atomic E-state index is -0.476. The third-order valence-corrected chi connectivity index (χ3v) is 4.42. The highest BCUT2D eigenvalue weighted by molar-refractivity contribution is 6.02. The molecular formula is C21H24N4O6. The van der Waals surface area contributed by atoms with E-state index in [1.165, 1.54) is 12.3 Å². The molecule has 2 heterocycles. The molecule has 164 valence electrons. The third kappa shape index (κ3) is 4.52. The normalized spacial score (nSPS) is 11.4. The summed E-state index contributed by atoms with van der Waals surface area (Å²) in [5.41, 5.74) is 1.39. The number of hydrogen-bond acceptors (Lipinski definition) is 9. The maximum atomic E-state index is 12.6. The molecule has 0 bridgehead atoms. The van der Waals surface area contributed by atoms with Gasteiger partial charge in [0.25, 0.3) is 5.91 Å². The molecular weight excluding hydrogens is 404 g/mol. The SMILES string of the molecule is CCNC(=O)c1noc(-c2cc(C(C)C)c(O)cc2O)c1-c1cc(/C=N/OCC)no1. The van der Waals surface area contributed by atoms with E-state index in [0.717, 1.165) is 0 Å². The lowest BCUT2D eigenvalue weighted by Crippen LogP contribution is -2.23. The molecule has 0 saturated heterocycles. The van der Waals surface area contributed by atoms with Crippen molar-refractivity contribution in [3.8, 4) is 34.1 Å². The molecule has 0 fully saturated rings. The molecule has 31 heavy (non-hydrogen) atoms. The maximum absolute atomic E-state index is 12.6. The van der Waals surface area contributed by atoms with E-state index >= 15 is 0 Å². The average molecular weight is 428 g/mol. The van der Waals surface area contributed by atoms with Crippen molar-refractivity contribution in [2.75, 3.05) is 13.2 Å². The number of carbonyl (C=O) groups excluding carboxylic acids is 1. The van der Waals surface area contributed by atoms with Gasteiger partial charge in [0.15, 0.2) is 17.2 Å². The van der Waals surface area contributed by atoms with Crippen LogP contribution in [-0.2, 0) is 4.84 Å². The van der Waals surface area contributed by atoms with Gasteiger partial charge in [-0.2, -0.15) is 0 Å². The number of phenolic OH excluding ortho intramolecular Hbond substituents is 2. The van der Waals surface area contributed by atoms with Crippen LogP contribution in [0.2, 0.25) is 0 Å². The van der Waals surface area contributed by atoms with Crippen molar-refractivity contribution in [3.63, 3.8) is 0 Å². The van der Waals surface area contributed by atoms with Gasteiger partial charge in [-0.15, -0.1) is 0 Å². The van der Waals surface area contributed by atoms with Gasteiger partial charge < -0.3 is 29.4 Å². The van der Waals surface area contributed by atoms with E-state index in [0.29, 0.717) is 24.4 Å². The van der Waals surface area contributed by atoms with E-state index in [9.17, 15) is 15.0 Å². The van der Waals surface area contributed by atoms with Gasteiger partial charge in [0.2, 0.25) is 0 Å². The Labute approximate surface area is 178 Å².